The highest BCUT2D eigenvalue weighted by Crippen LogP contribution is 2.41. The molecule has 0 radical (unpaired) electrons. The average molecular weight is 403 g/mol. The van der Waals surface area contributed by atoms with E-state index in [1.807, 2.05) is 18.2 Å². The highest BCUT2D eigenvalue weighted by molar-refractivity contribution is 9.10. The number of halogens is 1. The second-order valence-electron chi connectivity index (χ2n) is 6.48. The van der Waals surface area contributed by atoms with Crippen LogP contribution in [0.25, 0.3) is 0 Å². The van der Waals surface area contributed by atoms with Gasteiger partial charge in [0, 0.05) is 22.0 Å². The maximum atomic E-state index is 11.5. The minimum atomic E-state index is -0.213. The van der Waals surface area contributed by atoms with Crippen molar-refractivity contribution in [3.8, 4) is 11.5 Å². The van der Waals surface area contributed by atoms with E-state index in [9.17, 15) is 4.79 Å². The summed E-state index contributed by atoms with van der Waals surface area (Å²) < 4.78 is 17.8. The number of carbonyl (C=O) groups is 1. The lowest BCUT2D eigenvalue weighted by atomic mass is 9.98. The minimum Gasteiger partial charge on any atom is -0.492 e. The van der Waals surface area contributed by atoms with E-state index in [0.717, 1.165) is 34.4 Å². The van der Waals surface area contributed by atoms with Gasteiger partial charge >= 0.3 is 5.97 Å². The van der Waals surface area contributed by atoms with Crippen molar-refractivity contribution in [2.45, 2.75) is 31.3 Å². The number of rotatable bonds is 4. The second-order valence-corrected chi connectivity index (χ2v) is 7.39. The van der Waals surface area contributed by atoms with E-state index in [1.54, 1.807) is 0 Å². The number of hydrogen-bond acceptors (Lipinski definition) is 4. The Kier molecular flexibility index (Phi) is 4.42. The van der Waals surface area contributed by atoms with Gasteiger partial charge in [0.25, 0.3) is 0 Å². The van der Waals surface area contributed by atoms with E-state index in [1.165, 1.54) is 18.2 Å². The molecule has 4 nitrogen and oxygen atoms in total. The lowest BCUT2D eigenvalue weighted by Gasteiger charge is -2.16. The van der Waals surface area contributed by atoms with Gasteiger partial charge in [-0.25, -0.2) is 0 Å². The molecule has 0 spiro atoms. The van der Waals surface area contributed by atoms with Crippen molar-refractivity contribution >= 4 is 21.9 Å². The quantitative estimate of drug-likeness (QED) is 0.703. The standard InChI is InChI=1S/C20H19BrO4/c1-23-20(22)8-13-11-24-19-10-15(5-6-16(13)19)25-18-7-3-12-2-4-14(21)9-17(12)18/h2,4-6,9-10,13,18H,3,7-8,11H2,1H3. The Balaban J connectivity index is 1.51. The molecule has 1 heterocycles. The van der Waals surface area contributed by atoms with E-state index >= 15 is 0 Å². The maximum absolute atomic E-state index is 11.5. The van der Waals surface area contributed by atoms with E-state index in [4.69, 9.17) is 14.2 Å². The summed E-state index contributed by atoms with van der Waals surface area (Å²) in [6.45, 7) is 0.507. The van der Waals surface area contributed by atoms with Crippen LogP contribution in [0.5, 0.6) is 11.5 Å². The molecule has 2 unspecified atom stereocenters. The van der Waals surface area contributed by atoms with Crippen molar-refractivity contribution in [2.75, 3.05) is 13.7 Å². The Morgan fingerprint density at radius 2 is 2.12 bits per heavy atom. The summed E-state index contributed by atoms with van der Waals surface area (Å²) in [5.41, 5.74) is 3.65. The van der Waals surface area contributed by atoms with E-state index in [-0.39, 0.29) is 18.0 Å². The molecule has 4 rings (SSSR count). The summed E-state index contributed by atoms with van der Waals surface area (Å²) in [5, 5.41) is 0. The first-order valence-electron chi connectivity index (χ1n) is 8.42. The fourth-order valence-corrected chi connectivity index (χ4v) is 3.98. The first-order valence-corrected chi connectivity index (χ1v) is 9.22. The number of esters is 1. The Hall–Kier alpha value is -2.01. The van der Waals surface area contributed by atoms with Crippen molar-refractivity contribution < 1.29 is 19.0 Å². The smallest absolute Gasteiger partial charge is 0.306 e. The molecule has 130 valence electrons. The zero-order valence-corrected chi connectivity index (χ0v) is 15.5. The minimum absolute atomic E-state index is 0.0552. The molecule has 0 saturated carbocycles. The fraction of sp³-hybridized carbons (Fsp3) is 0.350. The number of hydrogen-bond donors (Lipinski definition) is 0. The van der Waals surface area contributed by atoms with Crippen LogP contribution in [-0.2, 0) is 16.0 Å². The summed E-state index contributed by atoms with van der Waals surface area (Å²) in [5.74, 6) is 1.45. The van der Waals surface area contributed by atoms with Gasteiger partial charge in [-0.2, -0.15) is 0 Å². The zero-order valence-electron chi connectivity index (χ0n) is 14.0. The van der Waals surface area contributed by atoms with Gasteiger partial charge in [-0.3, -0.25) is 4.79 Å². The van der Waals surface area contributed by atoms with Gasteiger partial charge in [0.2, 0.25) is 0 Å². The number of carbonyl (C=O) groups excluding carboxylic acids is 1. The van der Waals surface area contributed by atoms with Gasteiger partial charge in [-0.1, -0.05) is 28.1 Å². The van der Waals surface area contributed by atoms with Crippen LogP contribution in [0.2, 0.25) is 0 Å². The van der Waals surface area contributed by atoms with Gasteiger partial charge in [0.15, 0.2) is 0 Å². The predicted molar refractivity (Wildman–Crippen MR) is 97.1 cm³/mol. The molecule has 2 aliphatic rings. The molecular formula is C20H19BrO4. The van der Waals surface area contributed by atoms with Crippen LogP contribution >= 0.6 is 15.9 Å². The molecular weight excluding hydrogens is 384 g/mol. The predicted octanol–water partition coefficient (Wildman–Crippen LogP) is 4.55. The number of ether oxygens (including phenoxy) is 3. The van der Waals surface area contributed by atoms with Gasteiger partial charge in [0.1, 0.15) is 17.6 Å². The molecule has 5 heteroatoms. The molecule has 1 aliphatic carbocycles. The Morgan fingerprint density at radius 1 is 1.24 bits per heavy atom. The molecule has 0 saturated heterocycles. The van der Waals surface area contributed by atoms with Crippen LogP contribution in [-0.4, -0.2) is 19.7 Å². The molecule has 25 heavy (non-hydrogen) atoms. The van der Waals surface area contributed by atoms with Crippen molar-refractivity contribution in [1.82, 2.24) is 0 Å². The SMILES string of the molecule is COC(=O)CC1COc2cc(OC3CCc4ccc(Br)cc43)ccc21. The summed E-state index contributed by atoms with van der Waals surface area (Å²) >= 11 is 3.54. The molecule has 0 bridgehead atoms. The maximum Gasteiger partial charge on any atom is 0.306 e. The third-order valence-electron chi connectivity index (χ3n) is 4.91. The third-order valence-corrected chi connectivity index (χ3v) is 5.41. The lowest BCUT2D eigenvalue weighted by molar-refractivity contribution is -0.141. The Morgan fingerprint density at radius 3 is 2.96 bits per heavy atom. The van der Waals surface area contributed by atoms with Crippen molar-refractivity contribution in [3.05, 3.63) is 57.6 Å². The van der Waals surface area contributed by atoms with E-state index < -0.39 is 0 Å². The third kappa shape index (κ3) is 3.25. The van der Waals surface area contributed by atoms with Gasteiger partial charge in [-0.05, 0) is 42.2 Å². The second kappa shape index (κ2) is 6.71. The van der Waals surface area contributed by atoms with Gasteiger partial charge < -0.3 is 14.2 Å². The zero-order chi connectivity index (χ0) is 17.4. The number of aryl methyl sites for hydroxylation is 1. The molecule has 0 N–H and O–H groups in total. The van der Waals surface area contributed by atoms with E-state index in [0.29, 0.717) is 13.0 Å². The van der Waals surface area contributed by atoms with Crippen LogP contribution in [0.3, 0.4) is 0 Å². The largest absolute Gasteiger partial charge is 0.492 e. The highest BCUT2D eigenvalue weighted by Gasteiger charge is 2.28. The van der Waals surface area contributed by atoms with Crippen LogP contribution in [0.1, 0.15) is 41.6 Å². The number of methoxy groups -OCH3 is 1. The number of fused-ring (bicyclic) bond motifs is 2. The summed E-state index contributed by atoms with van der Waals surface area (Å²) in [6, 6.07) is 12.3. The Labute approximate surface area is 155 Å². The molecule has 0 amide bonds. The first kappa shape index (κ1) is 16.5. The normalized spacial score (nSPS) is 20.6. The van der Waals surface area contributed by atoms with E-state index in [2.05, 4.69) is 34.1 Å². The summed E-state index contributed by atoms with van der Waals surface area (Å²) in [4.78, 5) is 11.5. The topological polar surface area (TPSA) is 44.8 Å². The van der Waals surface area contributed by atoms with Crippen LogP contribution in [0.4, 0.5) is 0 Å². The van der Waals surface area contributed by atoms with Crippen molar-refractivity contribution in [3.63, 3.8) is 0 Å². The monoisotopic (exact) mass is 402 g/mol. The molecule has 2 aromatic carbocycles. The fourth-order valence-electron chi connectivity index (χ4n) is 3.61. The molecule has 2 aromatic rings. The number of benzene rings is 2. The highest BCUT2D eigenvalue weighted by atomic mass is 79.9. The molecule has 2 atom stereocenters. The van der Waals surface area contributed by atoms with Crippen LogP contribution in [0.15, 0.2) is 40.9 Å². The Bertz CT molecular complexity index is 817. The first-order chi connectivity index (χ1) is 12.1. The van der Waals surface area contributed by atoms with Gasteiger partial charge in [0.05, 0.1) is 20.1 Å². The summed E-state index contributed by atoms with van der Waals surface area (Å²) in [7, 11) is 1.41. The van der Waals surface area contributed by atoms with Gasteiger partial charge in [-0.15, -0.1) is 0 Å². The molecule has 1 aliphatic heterocycles. The summed E-state index contributed by atoms with van der Waals surface area (Å²) in [6.07, 6.45) is 2.43. The average Bonchev–Trinajstić information content (AvgIpc) is 3.19. The molecule has 0 aromatic heterocycles. The molecule has 0 fully saturated rings. The van der Waals surface area contributed by atoms with Crippen LogP contribution in [0, 0.1) is 0 Å². The van der Waals surface area contributed by atoms with Crippen molar-refractivity contribution in [2.24, 2.45) is 0 Å². The van der Waals surface area contributed by atoms with Crippen molar-refractivity contribution in [1.29, 1.82) is 0 Å². The van der Waals surface area contributed by atoms with Crippen LogP contribution < -0.4 is 9.47 Å². The lowest BCUT2D eigenvalue weighted by Crippen LogP contribution is -2.09.